The van der Waals surface area contributed by atoms with Gasteiger partial charge < -0.3 is 4.52 Å². The van der Waals surface area contributed by atoms with Crippen molar-refractivity contribution < 1.29 is 4.52 Å². The molecule has 0 bridgehead atoms. The van der Waals surface area contributed by atoms with Crippen LogP contribution in [0.5, 0.6) is 0 Å². The largest absolute Gasteiger partial charge is 0.355 e. The number of hydrogen-bond acceptors (Lipinski definition) is 4. The average Bonchev–Trinajstić information content (AvgIpc) is 2.53. The lowest BCUT2D eigenvalue weighted by Gasteiger charge is -1.77. The molecular formula is C7H4N2OS. The van der Waals surface area contributed by atoms with Crippen LogP contribution in [0.4, 0.5) is 0 Å². The van der Waals surface area contributed by atoms with E-state index >= 15 is 0 Å². The molecule has 0 amide bonds. The molecule has 2 aromatic rings. The van der Waals surface area contributed by atoms with E-state index in [1.165, 1.54) is 0 Å². The molecule has 54 valence electrons. The third kappa shape index (κ3) is 0.900. The van der Waals surface area contributed by atoms with Gasteiger partial charge in [0.15, 0.2) is 5.58 Å². The predicted molar refractivity (Wildman–Crippen MR) is 41.2 cm³/mol. The van der Waals surface area contributed by atoms with Gasteiger partial charge in [-0.25, -0.2) is 0 Å². The van der Waals surface area contributed by atoms with Crippen molar-refractivity contribution >= 4 is 21.6 Å². The number of fused-ring (bicyclic) bond motifs is 1. The lowest BCUT2D eigenvalue weighted by atomic mass is 10.3. The van der Waals surface area contributed by atoms with Crippen molar-refractivity contribution in [1.29, 1.82) is 5.26 Å². The van der Waals surface area contributed by atoms with Crippen molar-refractivity contribution in [2.45, 2.75) is 6.42 Å². The van der Waals surface area contributed by atoms with E-state index in [9.17, 15) is 0 Å². The maximum Gasteiger partial charge on any atom is 0.177 e. The Morgan fingerprint density at radius 1 is 1.73 bits per heavy atom. The van der Waals surface area contributed by atoms with Crippen molar-refractivity contribution in [2.24, 2.45) is 0 Å². The van der Waals surface area contributed by atoms with E-state index in [0.717, 1.165) is 16.0 Å². The molecule has 0 unspecified atom stereocenters. The molecule has 0 saturated carbocycles. The molecule has 0 radical (unpaired) electrons. The molecule has 0 N–H and O–H groups in total. The van der Waals surface area contributed by atoms with Crippen LogP contribution in [0.15, 0.2) is 16.0 Å². The monoisotopic (exact) mass is 164 g/mol. The molecular weight excluding hydrogens is 160 g/mol. The first kappa shape index (κ1) is 6.38. The molecule has 4 heteroatoms. The van der Waals surface area contributed by atoms with E-state index in [4.69, 9.17) is 9.78 Å². The van der Waals surface area contributed by atoms with Gasteiger partial charge >= 0.3 is 0 Å². The summed E-state index contributed by atoms with van der Waals surface area (Å²) < 4.78 is 5.94. The Kier molecular flexibility index (Phi) is 1.37. The van der Waals surface area contributed by atoms with Crippen LogP contribution in [0.2, 0.25) is 0 Å². The van der Waals surface area contributed by atoms with Crippen molar-refractivity contribution in [3.63, 3.8) is 0 Å². The molecule has 0 saturated heterocycles. The summed E-state index contributed by atoms with van der Waals surface area (Å²) in [5.74, 6) is 0. The highest BCUT2D eigenvalue weighted by atomic mass is 32.1. The Balaban J connectivity index is 2.61. The van der Waals surface area contributed by atoms with Crippen LogP contribution in [0.1, 0.15) is 5.69 Å². The lowest BCUT2D eigenvalue weighted by Crippen LogP contribution is -1.77. The number of aromatic nitrogens is 1. The molecule has 0 fully saturated rings. The standard InChI is InChI=1S/C7H4N2OS/c8-3-1-5-7-6(10-9-5)2-4-11-7/h2,4H,1H2. The van der Waals surface area contributed by atoms with Gasteiger partial charge in [0.05, 0.1) is 17.2 Å². The maximum atomic E-state index is 8.41. The topological polar surface area (TPSA) is 49.8 Å². The Morgan fingerprint density at radius 3 is 3.45 bits per heavy atom. The summed E-state index contributed by atoms with van der Waals surface area (Å²) in [6, 6.07) is 3.89. The first-order valence-electron chi connectivity index (χ1n) is 3.10. The van der Waals surface area contributed by atoms with Crippen molar-refractivity contribution in [1.82, 2.24) is 5.16 Å². The van der Waals surface area contributed by atoms with E-state index in [2.05, 4.69) is 5.16 Å². The second-order valence-electron chi connectivity index (χ2n) is 2.08. The second kappa shape index (κ2) is 2.36. The van der Waals surface area contributed by atoms with Gasteiger partial charge in [-0.05, 0) is 11.4 Å². The van der Waals surface area contributed by atoms with E-state index in [0.29, 0.717) is 6.42 Å². The highest BCUT2D eigenvalue weighted by Crippen LogP contribution is 2.24. The summed E-state index contributed by atoms with van der Waals surface area (Å²) in [7, 11) is 0. The Hall–Kier alpha value is -1.34. The quantitative estimate of drug-likeness (QED) is 0.647. The Morgan fingerprint density at radius 2 is 2.64 bits per heavy atom. The predicted octanol–water partition coefficient (Wildman–Crippen LogP) is 1.96. The van der Waals surface area contributed by atoms with Crippen LogP contribution in [-0.2, 0) is 6.42 Å². The van der Waals surface area contributed by atoms with E-state index in [-0.39, 0.29) is 0 Å². The zero-order chi connectivity index (χ0) is 7.68. The molecule has 0 aliphatic carbocycles. The fraction of sp³-hybridized carbons (Fsp3) is 0.143. The smallest absolute Gasteiger partial charge is 0.177 e. The van der Waals surface area contributed by atoms with Gasteiger partial charge in [-0.3, -0.25) is 0 Å². The molecule has 2 aromatic heterocycles. The minimum atomic E-state index is 0.327. The van der Waals surface area contributed by atoms with Crippen LogP contribution in [0.3, 0.4) is 0 Å². The molecule has 0 aliphatic rings. The summed E-state index contributed by atoms with van der Waals surface area (Å²) in [6.45, 7) is 0. The van der Waals surface area contributed by atoms with Gasteiger partial charge in [0.2, 0.25) is 0 Å². The Labute approximate surface area is 66.8 Å². The summed E-state index contributed by atoms with van der Waals surface area (Å²) in [4.78, 5) is 0. The third-order valence-electron chi connectivity index (χ3n) is 1.39. The molecule has 0 spiro atoms. The fourth-order valence-corrected chi connectivity index (χ4v) is 1.71. The summed E-state index contributed by atoms with van der Waals surface area (Å²) in [5, 5.41) is 14.1. The van der Waals surface area contributed by atoms with Crippen molar-refractivity contribution in [3.8, 4) is 6.07 Å². The van der Waals surface area contributed by atoms with E-state index in [1.54, 1.807) is 11.3 Å². The van der Waals surface area contributed by atoms with Crippen molar-refractivity contribution in [3.05, 3.63) is 17.1 Å². The molecule has 0 aromatic carbocycles. The number of thiophene rings is 1. The highest BCUT2D eigenvalue weighted by Gasteiger charge is 2.07. The van der Waals surface area contributed by atoms with Gasteiger partial charge in [0.25, 0.3) is 0 Å². The van der Waals surface area contributed by atoms with E-state index < -0.39 is 0 Å². The molecule has 2 rings (SSSR count). The van der Waals surface area contributed by atoms with Crippen molar-refractivity contribution in [2.75, 3.05) is 0 Å². The van der Waals surface area contributed by atoms with Crippen LogP contribution in [0.25, 0.3) is 10.3 Å². The van der Waals surface area contributed by atoms with Gasteiger partial charge in [0.1, 0.15) is 5.69 Å². The average molecular weight is 164 g/mol. The SMILES string of the molecule is N#CCc1noc2ccsc12. The minimum Gasteiger partial charge on any atom is -0.355 e. The van der Waals surface area contributed by atoms with Crippen LogP contribution >= 0.6 is 11.3 Å². The van der Waals surface area contributed by atoms with Crippen LogP contribution < -0.4 is 0 Å². The van der Waals surface area contributed by atoms with Gasteiger partial charge in [-0.15, -0.1) is 11.3 Å². The normalized spacial score (nSPS) is 10.1. The first-order chi connectivity index (χ1) is 5.42. The molecule has 2 heterocycles. The highest BCUT2D eigenvalue weighted by molar-refractivity contribution is 7.17. The number of rotatable bonds is 1. The van der Waals surface area contributed by atoms with Crippen LogP contribution in [0, 0.1) is 11.3 Å². The van der Waals surface area contributed by atoms with Gasteiger partial charge in [0, 0.05) is 0 Å². The van der Waals surface area contributed by atoms with Gasteiger partial charge in [-0.2, -0.15) is 5.26 Å². The zero-order valence-electron chi connectivity index (χ0n) is 5.57. The summed E-state index contributed by atoms with van der Waals surface area (Å²) >= 11 is 1.55. The third-order valence-corrected chi connectivity index (χ3v) is 2.34. The molecule has 3 nitrogen and oxygen atoms in total. The zero-order valence-corrected chi connectivity index (χ0v) is 6.39. The first-order valence-corrected chi connectivity index (χ1v) is 3.98. The second-order valence-corrected chi connectivity index (χ2v) is 2.99. The van der Waals surface area contributed by atoms with Gasteiger partial charge in [-0.1, -0.05) is 5.16 Å². The molecule has 0 aliphatic heterocycles. The Bertz CT molecular complexity index is 409. The lowest BCUT2D eigenvalue weighted by molar-refractivity contribution is 0.448. The maximum absolute atomic E-state index is 8.41. The number of hydrogen-bond donors (Lipinski definition) is 0. The summed E-state index contributed by atoms with van der Waals surface area (Å²) in [6.07, 6.45) is 0.327. The van der Waals surface area contributed by atoms with E-state index in [1.807, 2.05) is 17.5 Å². The molecule has 0 atom stereocenters. The van der Waals surface area contributed by atoms with Crippen LogP contribution in [-0.4, -0.2) is 5.16 Å². The molecule has 11 heavy (non-hydrogen) atoms. The fourth-order valence-electron chi connectivity index (χ4n) is 0.913. The minimum absolute atomic E-state index is 0.327. The summed E-state index contributed by atoms with van der Waals surface area (Å²) in [5.41, 5.74) is 1.53. The number of nitriles is 1. The number of nitrogens with zero attached hydrogens (tertiary/aromatic N) is 2.